The van der Waals surface area contributed by atoms with E-state index in [2.05, 4.69) is 4.98 Å². The molecule has 0 aliphatic carbocycles. The molecule has 0 spiro atoms. The van der Waals surface area contributed by atoms with Gasteiger partial charge >= 0.3 is 12.1 Å². The zero-order valence-corrected chi connectivity index (χ0v) is 11.9. The van der Waals surface area contributed by atoms with E-state index in [9.17, 15) is 22.8 Å². The number of hydrogen-bond acceptors (Lipinski definition) is 4. The lowest BCUT2D eigenvalue weighted by Crippen LogP contribution is -2.45. The Labute approximate surface area is 122 Å². The van der Waals surface area contributed by atoms with Crippen LogP contribution in [0.2, 0.25) is 0 Å². The van der Waals surface area contributed by atoms with Gasteiger partial charge in [-0.15, -0.1) is 11.3 Å². The minimum atomic E-state index is -4.58. The molecule has 2 rings (SSSR count). The third-order valence-corrected chi connectivity index (χ3v) is 4.15. The van der Waals surface area contributed by atoms with Crippen LogP contribution in [-0.2, 0) is 11.0 Å². The first-order chi connectivity index (χ1) is 9.68. The third-order valence-electron chi connectivity index (χ3n) is 3.26. The number of likely N-dealkylation sites (tertiary alicyclic amines) is 1. The molecule has 0 radical (unpaired) electrons. The van der Waals surface area contributed by atoms with Crippen molar-refractivity contribution in [3.8, 4) is 0 Å². The largest absolute Gasteiger partial charge is 0.481 e. The van der Waals surface area contributed by atoms with Crippen molar-refractivity contribution >= 4 is 23.2 Å². The number of aliphatic carboxylic acids is 1. The predicted octanol–water partition coefficient (Wildman–Crippen LogP) is 2.34. The molecule has 1 aliphatic rings. The van der Waals surface area contributed by atoms with E-state index in [0.717, 1.165) is 5.38 Å². The van der Waals surface area contributed by atoms with Gasteiger partial charge in [-0.1, -0.05) is 6.92 Å². The number of nitrogens with zero attached hydrogens (tertiary/aromatic N) is 2. The number of thiazole rings is 1. The van der Waals surface area contributed by atoms with Crippen molar-refractivity contribution in [2.45, 2.75) is 19.5 Å². The smallest absolute Gasteiger partial charge is 0.443 e. The van der Waals surface area contributed by atoms with Gasteiger partial charge in [0.15, 0.2) is 5.01 Å². The van der Waals surface area contributed by atoms with Crippen molar-refractivity contribution in [3.05, 3.63) is 16.1 Å². The van der Waals surface area contributed by atoms with E-state index in [0.29, 0.717) is 24.3 Å². The molecule has 0 saturated carbocycles. The fourth-order valence-electron chi connectivity index (χ4n) is 2.36. The molecule has 2 unspecified atom stereocenters. The monoisotopic (exact) mass is 322 g/mol. The number of carboxylic acid groups (broad SMARTS) is 1. The van der Waals surface area contributed by atoms with E-state index in [1.807, 2.05) is 0 Å². The van der Waals surface area contributed by atoms with Gasteiger partial charge in [-0.25, -0.2) is 4.98 Å². The molecule has 5 nitrogen and oxygen atoms in total. The summed E-state index contributed by atoms with van der Waals surface area (Å²) in [6.45, 7) is 2.12. The van der Waals surface area contributed by atoms with Crippen LogP contribution in [0.4, 0.5) is 13.2 Å². The summed E-state index contributed by atoms with van der Waals surface area (Å²) in [5.74, 6) is -2.38. The number of carbonyl (C=O) groups excluding carboxylic acids is 1. The van der Waals surface area contributed by atoms with Gasteiger partial charge in [-0.3, -0.25) is 9.59 Å². The predicted molar refractivity (Wildman–Crippen MR) is 67.9 cm³/mol. The zero-order valence-electron chi connectivity index (χ0n) is 11.1. The molecular weight excluding hydrogens is 309 g/mol. The maximum atomic E-state index is 12.5. The normalized spacial score (nSPS) is 23.1. The average Bonchev–Trinajstić information content (AvgIpc) is 2.86. The summed E-state index contributed by atoms with van der Waals surface area (Å²) in [6.07, 6.45) is -4.13. The topological polar surface area (TPSA) is 70.5 Å². The first-order valence-corrected chi connectivity index (χ1v) is 7.11. The highest BCUT2D eigenvalue weighted by Gasteiger charge is 2.37. The van der Waals surface area contributed by atoms with Crippen LogP contribution in [-0.4, -0.2) is 40.0 Å². The Morgan fingerprint density at radius 1 is 1.43 bits per heavy atom. The van der Waals surface area contributed by atoms with Crippen molar-refractivity contribution in [2.24, 2.45) is 11.8 Å². The van der Waals surface area contributed by atoms with E-state index >= 15 is 0 Å². The quantitative estimate of drug-likeness (QED) is 0.907. The van der Waals surface area contributed by atoms with Crippen molar-refractivity contribution in [3.63, 3.8) is 0 Å². The van der Waals surface area contributed by atoms with E-state index in [1.54, 1.807) is 6.92 Å². The number of aromatic nitrogens is 1. The standard InChI is InChI=1S/C12H13F3N2O3S/c1-6-2-7(10(19)20)4-17(3-6)9(18)8-5-21-11(16-8)12(13,14)15/h5-7H,2-4H2,1H3,(H,19,20). The van der Waals surface area contributed by atoms with Crippen molar-refractivity contribution in [1.29, 1.82) is 0 Å². The lowest BCUT2D eigenvalue weighted by atomic mass is 9.90. The van der Waals surface area contributed by atoms with E-state index < -0.39 is 29.0 Å². The average molecular weight is 322 g/mol. The van der Waals surface area contributed by atoms with Crippen molar-refractivity contribution in [2.75, 3.05) is 13.1 Å². The number of piperidine rings is 1. The molecule has 116 valence electrons. The molecule has 21 heavy (non-hydrogen) atoms. The number of carboxylic acids is 1. The Kier molecular flexibility index (Phi) is 4.22. The van der Waals surface area contributed by atoms with Crippen molar-refractivity contribution < 1.29 is 27.9 Å². The molecule has 1 fully saturated rings. The molecule has 2 heterocycles. The molecular formula is C12H13F3N2O3S. The Morgan fingerprint density at radius 3 is 2.62 bits per heavy atom. The van der Waals surface area contributed by atoms with Crippen LogP contribution in [0.15, 0.2) is 5.38 Å². The molecule has 1 aromatic heterocycles. The maximum absolute atomic E-state index is 12.5. The molecule has 1 N–H and O–H groups in total. The minimum Gasteiger partial charge on any atom is -0.481 e. The van der Waals surface area contributed by atoms with Gasteiger partial charge in [0, 0.05) is 18.5 Å². The van der Waals surface area contributed by atoms with Gasteiger partial charge in [0.2, 0.25) is 0 Å². The summed E-state index contributed by atoms with van der Waals surface area (Å²) in [7, 11) is 0. The Hall–Kier alpha value is -1.64. The van der Waals surface area contributed by atoms with Gasteiger partial charge in [0.25, 0.3) is 5.91 Å². The summed E-state index contributed by atoms with van der Waals surface area (Å²) in [6, 6.07) is 0. The van der Waals surface area contributed by atoms with Crippen LogP contribution in [0.3, 0.4) is 0 Å². The number of carbonyl (C=O) groups is 2. The van der Waals surface area contributed by atoms with Crippen LogP contribution in [0.1, 0.15) is 28.8 Å². The summed E-state index contributed by atoms with van der Waals surface area (Å²) >= 11 is 0.357. The summed E-state index contributed by atoms with van der Waals surface area (Å²) in [5, 5.41) is 9.01. The highest BCUT2D eigenvalue weighted by atomic mass is 32.1. The Bertz CT molecular complexity index is 558. The Morgan fingerprint density at radius 2 is 2.10 bits per heavy atom. The van der Waals surface area contributed by atoms with E-state index in [4.69, 9.17) is 5.11 Å². The highest BCUT2D eigenvalue weighted by molar-refractivity contribution is 7.09. The summed E-state index contributed by atoms with van der Waals surface area (Å²) < 4.78 is 37.4. The number of hydrogen-bond donors (Lipinski definition) is 1. The molecule has 1 amide bonds. The second-order valence-corrected chi connectivity index (χ2v) is 5.98. The first kappa shape index (κ1) is 15.7. The third kappa shape index (κ3) is 3.52. The van der Waals surface area contributed by atoms with Gasteiger partial charge in [-0.2, -0.15) is 13.2 Å². The maximum Gasteiger partial charge on any atom is 0.443 e. The van der Waals surface area contributed by atoms with Crippen LogP contribution in [0, 0.1) is 11.8 Å². The van der Waals surface area contributed by atoms with E-state index in [-0.39, 0.29) is 18.2 Å². The van der Waals surface area contributed by atoms with Crippen molar-refractivity contribution in [1.82, 2.24) is 9.88 Å². The van der Waals surface area contributed by atoms with Gasteiger partial charge in [0.1, 0.15) is 5.69 Å². The van der Waals surface area contributed by atoms with Gasteiger partial charge < -0.3 is 10.0 Å². The van der Waals surface area contributed by atoms with Gasteiger partial charge in [-0.05, 0) is 12.3 Å². The number of amides is 1. The molecule has 2 atom stereocenters. The molecule has 1 aliphatic heterocycles. The molecule has 9 heteroatoms. The molecule has 0 aromatic carbocycles. The van der Waals surface area contributed by atoms with Crippen LogP contribution in [0.25, 0.3) is 0 Å². The summed E-state index contributed by atoms with van der Waals surface area (Å²) in [4.78, 5) is 27.8. The van der Waals surface area contributed by atoms with Crippen LogP contribution in [0.5, 0.6) is 0 Å². The fourth-order valence-corrected chi connectivity index (χ4v) is 3.02. The minimum absolute atomic E-state index is 0.00259. The molecule has 1 aromatic rings. The van der Waals surface area contributed by atoms with Crippen LogP contribution >= 0.6 is 11.3 Å². The highest BCUT2D eigenvalue weighted by Crippen LogP contribution is 2.32. The lowest BCUT2D eigenvalue weighted by Gasteiger charge is -2.34. The lowest BCUT2D eigenvalue weighted by molar-refractivity contribution is -0.143. The zero-order chi connectivity index (χ0) is 15.8. The second-order valence-electron chi connectivity index (χ2n) is 5.12. The first-order valence-electron chi connectivity index (χ1n) is 6.23. The van der Waals surface area contributed by atoms with E-state index in [1.165, 1.54) is 4.90 Å². The number of halogens is 3. The SMILES string of the molecule is CC1CC(C(=O)O)CN(C(=O)c2csc(C(F)(F)F)n2)C1. The second kappa shape index (κ2) is 5.63. The van der Waals surface area contributed by atoms with Gasteiger partial charge in [0.05, 0.1) is 5.92 Å². The fraction of sp³-hybridized carbons (Fsp3) is 0.583. The van der Waals surface area contributed by atoms with Crippen LogP contribution < -0.4 is 0 Å². The molecule has 1 saturated heterocycles. The number of rotatable bonds is 2. The number of alkyl halides is 3. The molecule has 0 bridgehead atoms. The summed E-state index contributed by atoms with van der Waals surface area (Å²) in [5.41, 5.74) is -0.287. The Balaban J connectivity index is 2.15.